The summed E-state index contributed by atoms with van der Waals surface area (Å²) in [7, 11) is 0. The van der Waals surface area contributed by atoms with Crippen molar-refractivity contribution in [2.75, 3.05) is 23.8 Å². The number of amides is 1. The van der Waals surface area contributed by atoms with Crippen LogP contribution in [-0.4, -0.2) is 34.6 Å². The van der Waals surface area contributed by atoms with E-state index in [2.05, 4.69) is 4.98 Å². The van der Waals surface area contributed by atoms with Crippen LogP contribution in [0.5, 0.6) is 0 Å². The smallest absolute Gasteiger partial charge is 0.331 e. The average molecular weight is 452 g/mol. The van der Waals surface area contributed by atoms with Crippen molar-refractivity contribution in [3.05, 3.63) is 86.5 Å². The van der Waals surface area contributed by atoms with Gasteiger partial charge >= 0.3 is 11.7 Å². The number of likely N-dealkylation sites (N-methyl/N-ethyl adjacent to an activating group) is 1. The molecule has 0 unspecified atom stereocenters. The van der Waals surface area contributed by atoms with Crippen molar-refractivity contribution in [2.24, 2.45) is 0 Å². The van der Waals surface area contributed by atoms with Crippen molar-refractivity contribution >= 4 is 29.5 Å². The second-order valence-electron chi connectivity index (χ2n) is 7.09. The topological polar surface area (TPSA) is 141 Å². The van der Waals surface area contributed by atoms with E-state index in [-0.39, 0.29) is 24.6 Å². The van der Waals surface area contributed by atoms with Crippen LogP contribution in [0.4, 0.5) is 11.5 Å². The fourth-order valence-corrected chi connectivity index (χ4v) is 3.17. The number of aromatic amines is 1. The van der Waals surface area contributed by atoms with Crippen LogP contribution in [0.15, 0.2) is 62.5 Å². The van der Waals surface area contributed by atoms with Crippen LogP contribution in [0.1, 0.15) is 24.0 Å². The Labute approximate surface area is 188 Å². The Morgan fingerprint density at radius 1 is 1.18 bits per heavy atom. The monoisotopic (exact) mass is 452 g/mol. The second kappa shape index (κ2) is 10.3. The quantitative estimate of drug-likeness (QED) is 0.391. The summed E-state index contributed by atoms with van der Waals surface area (Å²) in [5.41, 5.74) is 5.23. The van der Waals surface area contributed by atoms with Crippen LogP contribution < -0.4 is 21.9 Å². The van der Waals surface area contributed by atoms with Crippen molar-refractivity contribution in [3.63, 3.8) is 0 Å². The molecule has 0 aliphatic heterocycles. The third-order valence-corrected chi connectivity index (χ3v) is 4.77. The minimum Gasteiger partial charge on any atom is -0.462 e. The third kappa shape index (κ3) is 5.67. The van der Waals surface area contributed by atoms with Crippen LogP contribution in [-0.2, 0) is 20.9 Å². The average Bonchev–Trinajstić information content (AvgIpc) is 3.22. The number of H-pyrrole nitrogens is 1. The van der Waals surface area contributed by atoms with E-state index >= 15 is 0 Å². The molecule has 0 saturated carbocycles. The standard InChI is InChI=1S/C23H24N4O6/c1-3-26(18(28)14-32-19(29)12-11-17-10-9-15(2)33-17)20-21(24)27(23(31)25-22(20)30)13-16-7-5-4-6-8-16/h4-12H,3,13-14,24H2,1-2H3,(H,25,30,31). The molecule has 3 aromatic rings. The number of anilines is 2. The molecule has 3 N–H and O–H groups in total. The highest BCUT2D eigenvalue weighted by molar-refractivity contribution is 5.98. The molecule has 0 fully saturated rings. The number of hydrogen-bond donors (Lipinski definition) is 2. The Bertz CT molecular complexity index is 1290. The molecule has 0 aliphatic carbocycles. The largest absolute Gasteiger partial charge is 0.462 e. The molecule has 0 aliphatic rings. The van der Waals surface area contributed by atoms with E-state index < -0.39 is 29.7 Å². The van der Waals surface area contributed by atoms with Crippen LogP contribution >= 0.6 is 0 Å². The number of carbonyl (C=O) groups excluding carboxylic acids is 2. The minimum atomic E-state index is -0.809. The van der Waals surface area contributed by atoms with E-state index in [1.165, 1.54) is 10.6 Å². The zero-order valence-electron chi connectivity index (χ0n) is 18.2. The first-order valence-electron chi connectivity index (χ1n) is 10.2. The number of hydrogen-bond acceptors (Lipinski definition) is 7. The van der Waals surface area contributed by atoms with Gasteiger partial charge in [-0.15, -0.1) is 0 Å². The third-order valence-electron chi connectivity index (χ3n) is 4.77. The highest BCUT2D eigenvalue weighted by Gasteiger charge is 2.23. The predicted molar refractivity (Wildman–Crippen MR) is 123 cm³/mol. The van der Waals surface area contributed by atoms with Gasteiger partial charge in [-0.1, -0.05) is 30.3 Å². The first-order valence-corrected chi connectivity index (χ1v) is 10.2. The number of carbonyl (C=O) groups is 2. The fourth-order valence-electron chi connectivity index (χ4n) is 3.17. The molecule has 0 radical (unpaired) electrons. The molecule has 0 bridgehead atoms. The maximum absolute atomic E-state index is 12.7. The van der Waals surface area contributed by atoms with Gasteiger partial charge < -0.3 is 19.8 Å². The van der Waals surface area contributed by atoms with Gasteiger partial charge in [0.05, 0.1) is 6.54 Å². The fraction of sp³-hybridized carbons (Fsp3) is 0.217. The zero-order chi connectivity index (χ0) is 24.0. The molecular formula is C23H24N4O6. The van der Waals surface area contributed by atoms with Gasteiger partial charge in [-0.05, 0) is 37.6 Å². The van der Waals surface area contributed by atoms with E-state index in [4.69, 9.17) is 14.9 Å². The Hall–Kier alpha value is -4.34. The highest BCUT2D eigenvalue weighted by Crippen LogP contribution is 2.18. The summed E-state index contributed by atoms with van der Waals surface area (Å²) in [5.74, 6) is -0.444. The number of benzene rings is 1. The number of nitrogen functional groups attached to an aromatic ring is 1. The number of esters is 1. The normalized spacial score (nSPS) is 11.0. The first-order chi connectivity index (χ1) is 15.8. The lowest BCUT2D eigenvalue weighted by Crippen LogP contribution is -2.42. The van der Waals surface area contributed by atoms with Crippen LogP contribution in [0.25, 0.3) is 6.08 Å². The van der Waals surface area contributed by atoms with E-state index in [0.717, 1.165) is 16.5 Å². The Morgan fingerprint density at radius 3 is 2.55 bits per heavy atom. The summed E-state index contributed by atoms with van der Waals surface area (Å²) in [6.45, 7) is 2.95. The molecule has 33 heavy (non-hydrogen) atoms. The van der Waals surface area contributed by atoms with Crippen LogP contribution in [0.2, 0.25) is 0 Å². The summed E-state index contributed by atoms with van der Waals surface area (Å²) in [6, 6.07) is 12.5. The molecule has 172 valence electrons. The second-order valence-corrected chi connectivity index (χ2v) is 7.09. The van der Waals surface area contributed by atoms with E-state index in [0.29, 0.717) is 11.5 Å². The van der Waals surface area contributed by atoms with Gasteiger partial charge in [-0.25, -0.2) is 9.59 Å². The molecule has 0 saturated heterocycles. The van der Waals surface area contributed by atoms with Crippen molar-refractivity contribution in [1.29, 1.82) is 0 Å². The number of nitrogens with one attached hydrogen (secondary N) is 1. The van der Waals surface area contributed by atoms with Gasteiger partial charge in [0.15, 0.2) is 12.3 Å². The highest BCUT2D eigenvalue weighted by atomic mass is 16.5. The Kier molecular flexibility index (Phi) is 7.29. The molecule has 1 amide bonds. The first kappa shape index (κ1) is 23.3. The molecule has 3 rings (SSSR count). The molecule has 2 heterocycles. The Morgan fingerprint density at radius 2 is 1.91 bits per heavy atom. The molecule has 10 nitrogen and oxygen atoms in total. The maximum atomic E-state index is 12.7. The molecular weight excluding hydrogens is 428 g/mol. The summed E-state index contributed by atoms with van der Waals surface area (Å²) in [4.78, 5) is 52.8. The van der Waals surface area contributed by atoms with E-state index in [1.807, 2.05) is 6.07 Å². The predicted octanol–water partition coefficient (Wildman–Crippen LogP) is 1.68. The lowest BCUT2D eigenvalue weighted by atomic mass is 10.2. The van der Waals surface area contributed by atoms with E-state index in [9.17, 15) is 19.2 Å². The maximum Gasteiger partial charge on any atom is 0.331 e. The summed E-state index contributed by atoms with van der Waals surface area (Å²) in [6.07, 6.45) is 2.54. The lowest BCUT2D eigenvalue weighted by molar-refractivity contribution is -0.142. The van der Waals surface area contributed by atoms with Crippen molar-refractivity contribution in [1.82, 2.24) is 9.55 Å². The SMILES string of the molecule is CCN(C(=O)COC(=O)C=Cc1ccc(C)o1)c1c(N)n(Cc2ccccc2)c(=O)[nH]c1=O. The van der Waals surface area contributed by atoms with Gasteiger partial charge in [0, 0.05) is 12.6 Å². The number of aryl methyl sites for hydroxylation is 1. The molecule has 10 heteroatoms. The van der Waals surface area contributed by atoms with Crippen LogP contribution in [0, 0.1) is 6.92 Å². The number of nitrogens with two attached hydrogens (primary N) is 1. The minimum absolute atomic E-state index is 0.0642. The molecule has 0 atom stereocenters. The number of furan rings is 1. The van der Waals surface area contributed by atoms with Gasteiger partial charge in [-0.3, -0.25) is 19.1 Å². The van der Waals surface area contributed by atoms with Crippen molar-refractivity contribution in [3.8, 4) is 0 Å². The van der Waals surface area contributed by atoms with Gasteiger partial charge in [0.1, 0.15) is 17.3 Å². The summed E-state index contributed by atoms with van der Waals surface area (Å²) >= 11 is 0. The zero-order valence-corrected chi connectivity index (χ0v) is 18.2. The number of nitrogens with zero attached hydrogens (tertiary/aromatic N) is 2. The summed E-state index contributed by atoms with van der Waals surface area (Å²) < 4.78 is 11.5. The molecule has 1 aromatic carbocycles. The van der Waals surface area contributed by atoms with Crippen molar-refractivity contribution in [2.45, 2.75) is 20.4 Å². The van der Waals surface area contributed by atoms with Gasteiger partial charge in [0.25, 0.3) is 11.5 Å². The summed E-state index contributed by atoms with van der Waals surface area (Å²) in [5, 5.41) is 0. The Balaban J connectivity index is 1.77. The number of rotatable bonds is 8. The lowest BCUT2D eigenvalue weighted by Gasteiger charge is -2.23. The molecule has 2 aromatic heterocycles. The molecule has 0 spiro atoms. The van der Waals surface area contributed by atoms with Gasteiger partial charge in [-0.2, -0.15) is 0 Å². The van der Waals surface area contributed by atoms with E-state index in [1.54, 1.807) is 50.2 Å². The number of aromatic nitrogens is 2. The number of ether oxygens (including phenoxy) is 1. The van der Waals surface area contributed by atoms with Crippen LogP contribution in [0.3, 0.4) is 0 Å². The van der Waals surface area contributed by atoms with Gasteiger partial charge in [0.2, 0.25) is 0 Å². The van der Waals surface area contributed by atoms with Crippen molar-refractivity contribution < 1.29 is 18.7 Å².